The third-order valence-electron chi connectivity index (χ3n) is 4.24. The molecule has 1 aromatic carbocycles. The molecule has 130 valence electrons. The Morgan fingerprint density at radius 2 is 2.12 bits per heavy atom. The Balaban J connectivity index is 1.95. The molecule has 0 bridgehead atoms. The average molecular weight is 334 g/mol. The van der Waals surface area contributed by atoms with Crippen LogP contribution in [0.5, 0.6) is 5.75 Å². The van der Waals surface area contributed by atoms with Crippen molar-refractivity contribution in [2.75, 3.05) is 27.2 Å². The minimum Gasteiger partial charge on any atom is -0.496 e. The Labute approximate surface area is 140 Å². The highest BCUT2D eigenvalue weighted by molar-refractivity contribution is 5.89. The molecule has 0 aromatic heterocycles. The van der Waals surface area contributed by atoms with Gasteiger partial charge in [-0.05, 0) is 18.1 Å². The van der Waals surface area contributed by atoms with E-state index in [0.717, 1.165) is 5.56 Å². The second-order valence-corrected chi connectivity index (χ2v) is 5.97. The lowest BCUT2D eigenvalue weighted by atomic mass is 9.98. The third kappa shape index (κ3) is 4.24. The number of para-hydroxylation sites is 1. The highest BCUT2D eigenvalue weighted by Gasteiger charge is 2.32. The standard InChI is InChI=1S/C17H22N2O5/c1-19-10-13(8-15(19)20)16(21)18-9-12(17(22)23)7-11-5-3-4-6-14(11)24-2/h3-6,12-13H,7-10H2,1-2H3,(H,18,21)(H,22,23). The van der Waals surface area contributed by atoms with Gasteiger partial charge in [0.1, 0.15) is 5.75 Å². The van der Waals surface area contributed by atoms with E-state index in [1.165, 1.54) is 12.0 Å². The fourth-order valence-corrected chi connectivity index (χ4v) is 2.79. The Bertz CT molecular complexity index is 631. The smallest absolute Gasteiger partial charge is 0.308 e. The predicted octanol–water partition coefficient (Wildman–Crippen LogP) is 0.533. The maximum absolute atomic E-state index is 12.1. The first kappa shape index (κ1) is 17.8. The number of methoxy groups -OCH3 is 1. The van der Waals surface area contributed by atoms with Crippen molar-refractivity contribution in [1.82, 2.24) is 10.2 Å². The van der Waals surface area contributed by atoms with Crippen molar-refractivity contribution in [2.45, 2.75) is 12.8 Å². The van der Waals surface area contributed by atoms with Gasteiger partial charge in [-0.15, -0.1) is 0 Å². The van der Waals surface area contributed by atoms with Crippen LogP contribution >= 0.6 is 0 Å². The highest BCUT2D eigenvalue weighted by atomic mass is 16.5. The number of carboxylic acid groups (broad SMARTS) is 1. The van der Waals surface area contributed by atoms with E-state index in [0.29, 0.717) is 12.3 Å². The summed E-state index contributed by atoms with van der Waals surface area (Å²) in [5.74, 6) is -1.89. The third-order valence-corrected chi connectivity index (χ3v) is 4.24. The molecule has 1 aromatic rings. The summed E-state index contributed by atoms with van der Waals surface area (Å²) in [7, 11) is 3.18. The monoisotopic (exact) mass is 334 g/mol. The summed E-state index contributed by atoms with van der Waals surface area (Å²) >= 11 is 0. The largest absolute Gasteiger partial charge is 0.496 e. The zero-order valence-electron chi connectivity index (χ0n) is 13.8. The average Bonchev–Trinajstić information content (AvgIpc) is 2.90. The molecule has 1 fully saturated rings. The van der Waals surface area contributed by atoms with E-state index >= 15 is 0 Å². The molecule has 0 radical (unpaired) electrons. The minimum atomic E-state index is -0.985. The molecular formula is C17H22N2O5. The lowest BCUT2D eigenvalue weighted by molar-refractivity contribution is -0.141. The van der Waals surface area contributed by atoms with Gasteiger partial charge in [0.25, 0.3) is 0 Å². The molecule has 1 saturated heterocycles. The number of likely N-dealkylation sites (tertiary alicyclic amines) is 1. The molecule has 2 rings (SSSR count). The van der Waals surface area contributed by atoms with E-state index < -0.39 is 17.8 Å². The molecule has 2 atom stereocenters. The molecule has 0 saturated carbocycles. The first-order valence-electron chi connectivity index (χ1n) is 7.78. The second-order valence-electron chi connectivity index (χ2n) is 5.97. The number of aliphatic carboxylic acids is 1. The van der Waals surface area contributed by atoms with Crippen LogP contribution < -0.4 is 10.1 Å². The molecule has 1 heterocycles. The number of rotatable bonds is 7. The van der Waals surface area contributed by atoms with Crippen LogP contribution in [0, 0.1) is 11.8 Å². The molecule has 1 aliphatic heterocycles. The van der Waals surface area contributed by atoms with Crippen LogP contribution in [0.2, 0.25) is 0 Å². The first-order valence-corrected chi connectivity index (χ1v) is 7.78. The lowest BCUT2D eigenvalue weighted by Gasteiger charge is -2.17. The number of nitrogens with zero attached hydrogens (tertiary/aromatic N) is 1. The minimum absolute atomic E-state index is 0.0145. The van der Waals surface area contributed by atoms with Crippen LogP contribution in [0.15, 0.2) is 24.3 Å². The quantitative estimate of drug-likeness (QED) is 0.758. The van der Waals surface area contributed by atoms with E-state index in [4.69, 9.17) is 4.74 Å². The van der Waals surface area contributed by atoms with Crippen LogP contribution in [-0.4, -0.2) is 55.0 Å². The van der Waals surface area contributed by atoms with Gasteiger partial charge in [0, 0.05) is 26.6 Å². The molecule has 2 N–H and O–H groups in total. The van der Waals surface area contributed by atoms with Crippen molar-refractivity contribution >= 4 is 17.8 Å². The fourth-order valence-electron chi connectivity index (χ4n) is 2.79. The summed E-state index contributed by atoms with van der Waals surface area (Å²) in [4.78, 5) is 36.6. The van der Waals surface area contributed by atoms with Crippen LogP contribution in [0.3, 0.4) is 0 Å². The Kier molecular flexibility index (Phi) is 5.78. The zero-order chi connectivity index (χ0) is 17.7. The molecule has 0 aliphatic carbocycles. The maximum Gasteiger partial charge on any atom is 0.308 e. The Morgan fingerprint density at radius 3 is 2.71 bits per heavy atom. The van der Waals surface area contributed by atoms with Crippen LogP contribution in [0.1, 0.15) is 12.0 Å². The van der Waals surface area contributed by atoms with Gasteiger partial charge in [0.2, 0.25) is 11.8 Å². The SMILES string of the molecule is COc1ccccc1CC(CNC(=O)C1CC(=O)N(C)C1)C(=O)O. The lowest BCUT2D eigenvalue weighted by Crippen LogP contribution is -2.38. The van der Waals surface area contributed by atoms with Gasteiger partial charge in [-0.2, -0.15) is 0 Å². The van der Waals surface area contributed by atoms with Crippen LogP contribution in [0.4, 0.5) is 0 Å². The molecule has 1 aliphatic rings. The van der Waals surface area contributed by atoms with Crippen molar-refractivity contribution in [3.63, 3.8) is 0 Å². The summed E-state index contributed by atoms with van der Waals surface area (Å²) < 4.78 is 5.23. The van der Waals surface area contributed by atoms with E-state index in [1.807, 2.05) is 12.1 Å². The van der Waals surface area contributed by atoms with Gasteiger partial charge in [-0.25, -0.2) is 0 Å². The van der Waals surface area contributed by atoms with Gasteiger partial charge >= 0.3 is 5.97 Å². The van der Waals surface area contributed by atoms with E-state index in [-0.39, 0.29) is 31.2 Å². The van der Waals surface area contributed by atoms with Crippen molar-refractivity contribution in [1.29, 1.82) is 0 Å². The number of nitrogens with one attached hydrogen (secondary N) is 1. The number of carbonyl (C=O) groups excluding carboxylic acids is 2. The zero-order valence-corrected chi connectivity index (χ0v) is 13.8. The van der Waals surface area contributed by atoms with Crippen LogP contribution in [0.25, 0.3) is 0 Å². The number of ether oxygens (including phenoxy) is 1. The summed E-state index contributed by atoms with van der Waals surface area (Å²) in [5.41, 5.74) is 0.775. The van der Waals surface area contributed by atoms with E-state index in [9.17, 15) is 19.5 Å². The topological polar surface area (TPSA) is 95.9 Å². The van der Waals surface area contributed by atoms with Gasteiger partial charge in [0.05, 0.1) is 18.9 Å². The molecule has 2 amide bonds. The van der Waals surface area contributed by atoms with Crippen LogP contribution in [-0.2, 0) is 20.8 Å². The van der Waals surface area contributed by atoms with Crippen molar-refractivity contribution < 1.29 is 24.2 Å². The number of hydrogen-bond donors (Lipinski definition) is 2. The fraction of sp³-hybridized carbons (Fsp3) is 0.471. The molecule has 7 nitrogen and oxygen atoms in total. The molecular weight excluding hydrogens is 312 g/mol. The number of carboxylic acids is 1. The van der Waals surface area contributed by atoms with Gasteiger partial charge in [-0.1, -0.05) is 18.2 Å². The second kappa shape index (κ2) is 7.81. The number of hydrogen-bond acceptors (Lipinski definition) is 4. The summed E-state index contributed by atoms with van der Waals surface area (Å²) in [6.45, 7) is 0.384. The van der Waals surface area contributed by atoms with Crippen molar-refractivity contribution in [3.8, 4) is 5.75 Å². The predicted molar refractivity (Wildman–Crippen MR) is 86.6 cm³/mol. The van der Waals surface area contributed by atoms with Crippen molar-refractivity contribution in [3.05, 3.63) is 29.8 Å². The maximum atomic E-state index is 12.1. The first-order chi connectivity index (χ1) is 11.4. The Morgan fingerprint density at radius 1 is 1.42 bits per heavy atom. The number of amides is 2. The van der Waals surface area contributed by atoms with E-state index in [2.05, 4.69) is 5.32 Å². The normalized spacial score (nSPS) is 18.3. The Hall–Kier alpha value is -2.57. The highest BCUT2D eigenvalue weighted by Crippen LogP contribution is 2.21. The van der Waals surface area contributed by atoms with Gasteiger partial charge in [0.15, 0.2) is 0 Å². The summed E-state index contributed by atoms with van der Waals surface area (Å²) in [6.07, 6.45) is 0.426. The van der Waals surface area contributed by atoms with Crippen molar-refractivity contribution in [2.24, 2.45) is 11.8 Å². The van der Waals surface area contributed by atoms with Gasteiger partial charge < -0.3 is 20.1 Å². The number of benzene rings is 1. The molecule has 2 unspecified atom stereocenters. The number of carbonyl (C=O) groups is 3. The molecule has 24 heavy (non-hydrogen) atoms. The van der Waals surface area contributed by atoms with E-state index in [1.54, 1.807) is 19.2 Å². The summed E-state index contributed by atoms with van der Waals surface area (Å²) in [6, 6.07) is 7.21. The summed E-state index contributed by atoms with van der Waals surface area (Å²) in [5, 5.41) is 12.1. The molecule has 0 spiro atoms. The van der Waals surface area contributed by atoms with Gasteiger partial charge in [-0.3, -0.25) is 14.4 Å². The molecule has 7 heteroatoms.